The lowest BCUT2D eigenvalue weighted by Crippen LogP contribution is -1.96. The van der Waals surface area contributed by atoms with Gasteiger partial charge in [0.25, 0.3) is 0 Å². The predicted octanol–water partition coefficient (Wildman–Crippen LogP) is 3.56. The zero-order chi connectivity index (χ0) is 16.5. The standard InChI is InChI=1S/C17H14FN5S/c1-22-16(13-6-2-3-7-14(13)18)20-21-17(22)24-11-12-10-23-9-5-4-8-15(23)19-12/h2-10H,11H2,1H3. The van der Waals surface area contributed by atoms with Crippen molar-refractivity contribution in [2.45, 2.75) is 10.9 Å². The van der Waals surface area contributed by atoms with E-state index in [9.17, 15) is 4.39 Å². The second-order valence-corrected chi connectivity index (χ2v) is 6.27. The monoisotopic (exact) mass is 339 g/mol. The van der Waals surface area contributed by atoms with E-state index in [0.717, 1.165) is 16.5 Å². The minimum atomic E-state index is -0.301. The van der Waals surface area contributed by atoms with E-state index >= 15 is 0 Å². The average molecular weight is 339 g/mol. The van der Waals surface area contributed by atoms with Gasteiger partial charge in [-0.3, -0.25) is 0 Å². The van der Waals surface area contributed by atoms with Crippen LogP contribution in [0.3, 0.4) is 0 Å². The zero-order valence-corrected chi connectivity index (χ0v) is 13.7. The van der Waals surface area contributed by atoms with Crippen LogP contribution in [-0.4, -0.2) is 24.1 Å². The van der Waals surface area contributed by atoms with Crippen LogP contribution in [0.5, 0.6) is 0 Å². The van der Waals surface area contributed by atoms with Gasteiger partial charge in [-0.15, -0.1) is 10.2 Å². The SMILES string of the molecule is Cn1c(SCc2cn3ccccc3n2)nnc1-c1ccccc1F. The molecule has 0 saturated carbocycles. The largest absolute Gasteiger partial charge is 0.307 e. The van der Waals surface area contributed by atoms with Crippen LogP contribution in [0.1, 0.15) is 5.69 Å². The van der Waals surface area contributed by atoms with Gasteiger partial charge < -0.3 is 8.97 Å². The second-order valence-electron chi connectivity index (χ2n) is 5.33. The molecule has 0 fully saturated rings. The Bertz CT molecular complexity index is 974. The van der Waals surface area contributed by atoms with Crippen LogP contribution in [0.4, 0.5) is 4.39 Å². The minimum absolute atomic E-state index is 0.301. The van der Waals surface area contributed by atoms with Gasteiger partial charge in [0.05, 0.1) is 11.3 Å². The molecule has 0 saturated heterocycles. The number of benzene rings is 1. The highest BCUT2D eigenvalue weighted by atomic mass is 32.2. The first-order chi connectivity index (χ1) is 11.7. The predicted molar refractivity (Wildman–Crippen MR) is 91.2 cm³/mol. The molecule has 7 heteroatoms. The van der Waals surface area contributed by atoms with Crippen molar-refractivity contribution in [1.82, 2.24) is 24.1 Å². The van der Waals surface area contributed by atoms with Crippen LogP contribution in [0.2, 0.25) is 0 Å². The molecule has 0 spiro atoms. The maximum atomic E-state index is 13.9. The topological polar surface area (TPSA) is 48.0 Å². The fraction of sp³-hybridized carbons (Fsp3) is 0.118. The first-order valence-electron chi connectivity index (χ1n) is 7.42. The van der Waals surface area contributed by atoms with Crippen molar-refractivity contribution in [3.05, 3.63) is 66.4 Å². The van der Waals surface area contributed by atoms with Crippen LogP contribution >= 0.6 is 11.8 Å². The van der Waals surface area contributed by atoms with Crippen LogP contribution in [0, 0.1) is 5.82 Å². The molecule has 0 unspecified atom stereocenters. The molecule has 0 atom stereocenters. The third kappa shape index (κ3) is 2.67. The van der Waals surface area contributed by atoms with Gasteiger partial charge in [-0.05, 0) is 24.3 Å². The Balaban J connectivity index is 1.56. The molecule has 0 aliphatic carbocycles. The van der Waals surface area contributed by atoms with E-state index in [1.54, 1.807) is 22.8 Å². The van der Waals surface area contributed by atoms with Gasteiger partial charge in [0.2, 0.25) is 0 Å². The number of thioether (sulfide) groups is 1. The Morgan fingerprint density at radius 1 is 1.08 bits per heavy atom. The van der Waals surface area contributed by atoms with Crippen LogP contribution < -0.4 is 0 Å². The van der Waals surface area contributed by atoms with Crippen molar-refractivity contribution < 1.29 is 4.39 Å². The van der Waals surface area contributed by atoms with Crippen molar-refractivity contribution in [3.8, 4) is 11.4 Å². The van der Waals surface area contributed by atoms with Crippen molar-refractivity contribution >= 4 is 17.4 Å². The molecule has 0 aliphatic rings. The average Bonchev–Trinajstić information content (AvgIpc) is 3.17. The van der Waals surface area contributed by atoms with Crippen LogP contribution in [-0.2, 0) is 12.8 Å². The summed E-state index contributed by atoms with van der Waals surface area (Å²) in [5.41, 5.74) is 2.33. The Morgan fingerprint density at radius 3 is 2.75 bits per heavy atom. The maximum absolute atomic E-state index is 13.9. The van der Waals surface area contributed by atoms with E-state index in [1.807, 2.05) is 42.0 Å². The lowest BCUT2D eigenvalue weighted by atomic mass is 10.2. The maximum Gasteiger partial charge on any atom is 0.191 e. The molecule has 3 heterocycles. The van der Waals surface area contributed by atoms with E-state index in [0.29, 0.717) is 17.1 Å². The Labute approximate surface area is 142 Å². The van der Waals surface area contributed by atoms with Gasteiger partial charge in [-0.2, -0.15) is 0 Å². The number of aromatic nitrogens is 5. The first kappa shape index (κ1) is 14.9. The summed E-state index contributed by atoms with van der Waals surface area (Å²) < 4.78 is 17.7. The van der Waals surface area contributed by atoms with Gasteiger partial charge in [-0.25, -0.2) is 9.37 Å². The van der Waals surface area contributed by atoms with Gasteiger partial charge in [0.1, 0.15) is 11.5 Å². The van der Waals surface area contributed by atoms with Crippen LogP contribution in [0.15, 0.2) is 60.0 Å². The molecule has 1 aromatic carbocycles. The third-order valence-electron chi connectivity index (χ3n) is 3.71. The van der Waals surface area contributed by atoms with E-state index in [4.69, 9.17) is 0 Å². The number of rotatable bonds is 4. The van der Waals surface area contributed by atoms with Crippen molar-refractivity contribution in [2.75, 3.05) is 0 Å². The molecule has 0 bridgehead atoms. The Hall–Kier alpha value is -2.67. The molecule has 0 N–H and O–H groups in total. The van der Waals surface area contributed by atoms with E-state index in [1.165, 1.54) is 17.8 Å². The highest BCUT2D eigenvalue weighted by Gasteiger charge is 2.14. The highest BCUT2D eigenvalue weighted by Crippen LogP contribution is 2.26. The molecule has 0 aliphatic heterocycles. The molecule has 3 aromatic heterocycles. The van der Waals surface area contributed by atoms with E-state index in [-0.39, 0.29) is 5.82 Å². The number of hydrogen-bond donors (Lipinski definition) is 0. The van der Waals surface area contributed by atoms with Gasteiger partial charge >= 0.3 is 0 Å². The fourth-order valence-corrected chi connectivity index (χ4v) is 3.31. The van der Waals surface area contributed by atoms with Gasteiger partial charge in [0.15, 0.2) is 11.0 Å². The molecule has 0 radical (unpaired) electrons. The van der Waals surface area contributed by atoms with E-state index < -0.39 is 0 Å². The lowest BCUT2D eigenvalue weighted by Gasteiger charge is -2.04. The quantitative estimate of drug-likeness (QED) is 0.533. The number of imidazole rings is 1. The van der Waals surface area contributed by atoms with Gasteiger partial charge in [-0.1, -0.05) is 30.0 Å². The fourth-order valence-electron chi connectivity index (χ4n) is 2.51. The number of pyridine rings is 1. The molecule has 5 nitrogen and oxygen atoms in total. The molecule has 4 aromatic rings. The summed E-state index contributed by atoms with van der Waals surface area (Å²) in [7, 11) is 1.84. The van der Waals surface area contributed by atoms with Gasteiger partial charge in [0, 0.05) is 25.2 Å². The molecular formula is C17H14FN5S. The second kappa shape index (κ2) is 6.09. The van der Waals surface area contributed by atoms with Crippen molar-refractivity contribution in [3.63, 3.8) is 0 Å². The minimum Gasteiger partial charge on any atom is -0.307 e. The number of nitrogens with zero attached hydrogens (tertiary/aromatic N) is 5. The summed E-state index contributed by atoms with van der Waals surface area (Å²) in [6, 6.07) is 12.5. The number of hydrogen-bond acceptors (Lipinski definition) is 4. The Morgan fingerprint density at radius 2 is 1.92 bits per heavy atom. The Kier molecular flexibility index (Phi) is 3.78. The summed E-state index contributed by atoms with van der Waals surface area (Å²) in [6.45, 7) is 0. The normalized spacial score (nSPS) is 11.2. The molecular weight excluding hydrogens is 325 g/mol. The smallest absolute Gasteiger partial charge is 0.191 e. The summed E-state index contributed by atoms with van der Waals surface area (Å²) >= 11 is 1.53. The first-order valence-corrected chi connectivity index (χ1v) is 8.40. The number of fused-ring (bicyclic) bond motifs is 1. The third-order valence-corrected chi connectivity index (χ3v) is 4.77. The summed E-state index contributed by atoms with van der Waals surface area (Å²) in [6.07, 6.45) is 3.96. The summed E-state index contributed by atoms with van der Waals surface area (Å²) in [5.74, 6) is 0.890. The molecule has 120 valence electrons. The van der Waals surface area contributed by atoms with Crippen molar-refractivity contribution in [2.24, 2.45) is 7.05 Å². The van der Waals surface area contributed by atoms with Crippen molar-refractivity contribution in [1.29, 1.82) is 0 Å². The zero-order valence-electron chi connectivity index (χ0n) is 12.9. The summed E-state index contributed by atoms with van der Waals surface area (Å²) in [5, 5.41) is 9.03. The summed E-state index contributed by atoms with van der Waals surface area (Å²) in [4.78, 5) is 4.56. The van der Waals surface area contributed by atoms with Crippen LogP contribution in [0.25, 0.3) is 17.0 Å². The number of halogens is 1. The molecule has 24 heavy (non-hydrogen) atoms. The molecule has 0 amide bonds. The highest BCUT2D eigenvalue weighted by molar-refractivity contribution is 7.98. The molecule has 4 rings (SSSR count). The lowest BCUT2D eigenvalue weighted by molar-refractivity contribution is 0.628. The van der Waals surface area contributed by atoms with E-state index in [2.05, 4.69) is 15.2 Å².